The number of halogens is 3. The van der Waals surface area contributed by atoms with Crippen molar-refractivity contribution in [2.45, 2.75) is 37.1 Å². The first-order chi connectivity index (χ1) is 8.09. The Morgan fingerprint density at radius 2 is 2.24 bits per heavy atom. The average molecular weight is 322 g/mol. The van der Waals surface area contributed by atoms with Gasteiger partial charge >= 0.3 is 0 Å². The van der Waals surface area contributed by atoms with Gasteiger partial charge in [0, 0.05) is 11.6 Å². The van der Waals surface area contributed by atoms with E-state index in [0.717, 1.165) is 25.0 Å². The second-order valence-corrected chi connectivity index (χ2v) is 5.82. The van der Waals surface area contributed by atoms with Gasteiger partial charge in [-0.05, 0) is 43.4 Å². The van der Waals surface area contributed by atoms with Crippen LogP contribution in [0.15, 0.2) is 12.1 Å². The SMILES string of the molecule is Cc1cc(C(Br)C2CCCCO2)c(Cl)cc1F. The van der Waals surface area contributed by atoms with Crippen molar-refractivity contribution >= 4 is 27.5 Å². The lowest BCUT2D eigenvalue weighted by Crippen LogP contribution is -2.23. The van der Waals surface area contributed by atoms with Gasteiger partial charge in [-0.25, -0.2) is 4.39 Å². The van der Waals surface area contributed by atoms with E-state index in [4.69, 9.17) is 16.3 Å². The van der Waals surface area contributed by atoms with E-state index in [2.05, 4.69) is 15.9 Å². The monoisotopic (exact) mass is 320 g/mol. The van der Waals surface area contributed by atoms with Gasteiger partial charge in [0.2, 0.25) is 0 Å². The number of alkyl halides is 1. The molecule has 0 amide bonds. The molecule has 1 nitrogen and oxygen atoms in total. The van der Waals surface area contributed by atoms with E-state index in [1.54, 1.807) is 13.0 Å². The Hall–Kier alpha value is -0.120. The van der Waals surface area contributed by atoms with Crippen molar-refractivity contribution in [2.24, 2.45) is 0 Å². The fourth-order valence-electron chi connectivity index (χ4n) is 2.09. The molecule has 1 heterocycles. The summed E-state index contributed by atoms with van der Waals surface area (Å²) in [5.41, 5.74) is 1.53. The van der Waals surface area contributed by atoms with E-state index in [0.29, 0.717) is 10.6 Å². The quantitative estimate of drug-likeness (QED) is 0.711. The Kier molecular flexibility index (Phi) is 4.45. The standard InChI is InChI=1S/C13H15BrClFO/c1-8-6-9(10(15)7-11(8)16)13(14)12-4-2-3-5-17-12/h6-7,12-13H,2-5H2,1H3. The zero-order valence-electron chi connectivity index (χ0n) is 9.68. The molecule has 2 atom stereocenters. The summed E-state index contributed by atoms with van der Waals surface area (Å²) < 4.78 is 19.1. The molecule has 2 unspecified atom stereocenters. The zero-order chi connectivity index (χ0) is 12.4. The molecule has 1 saturated heterocycles. The molecule has 4 heteroatoms. The van der Waals surface area contributed by atoms with Crippen LogP contribution < -0.4 is 0 Å². The number of hydrogen-bond acceptors (Lipinski definition) is 1. The van der Waals surface area contributed by atoms with Crippen LogP contribution in [0.2, 0.25) is 5.02 Å². The largest absolute Gasteiger partial charge is 0.377 e. The molecule has 0 N–H and O–H groups in total. The highest BCUT2D eigenvalue weighted by molar-refractivity contribution is 9.09. The highest BCUT2D eigenvalue weighted by atomic mass is 79.9. The lowest BCUT2D eigenvalue weighted by Gasteiger charge is -2.27. The van der Waals surface area contributed by atoms with Gasteiger partial charge < -0.3 is 4.74 Å². The van der Waals surface area contributed by atoms with Crippen LogP contribution in [0.1, 0.15) is 35.2 Å². The van der Waals surface area contributed by atoms with Crippen molar-refractivity contribution in [1.82, 2.24) is 0 Å². The summed E-state index contributed by atoms with van der Waals surface area (Å²) in [4.78, 5) is 0.0367. The van der Waals surface area contributed by atoms with E-state index < -0.39 is 0 Å². The molecular formula is C13H15BrClFO. The molecular weight excluding hydrogens is 306 g/mol. The molecule has 0 radical (unpaired) electrons. The molecule has 1 fully saturated rings. The van der Waals surface area contributed by atoms with E-state index in [-0.39, 0.29) is 16.7 Å². The minimum Gasteiger partial charge on any atom is -0.377 e. The number of aryl methyl sites for hydroxylation is 1. The van der Waals surface area contributed by atoms with Gasteiger partial charge in [-0.1, -0.05) is 33.6 Å². The molecule has 0 spiro atoms. The van der Waals surface area contributed by atoms with Crippen LogP contribution in [0.4, 0.5) is 4.39 Å². The zero-order valence-corrected chi connectivity index (χ0v) is 12.0. The number of ether oxygens (including phenoxy) is 1. The first kappa shape index (κ1) is 13.3. The fourth-order valence-corrected chi connectivity index (χ4v) is 3.28. The first-order valence-electron chi connectivity index (χ1n) is 5.81. The molecule has 1 aromatic rings. The van der Waals surface area contributed by atoms with Crippen molar-refractivity contribution in [3.8, 4) is 0 Å². The lowest BCUT2D eigenvalue weighted by atomic mass is 9.99. The Balaban J connectivity index is 2.23. The van der Waals surface area contributed by atoms with Crippen LogP contribution in [0.5, 0.6) is 0 Å². The smallest absolute Gasteiger partial charge is 0.127 e. The average Bonchev–Trinajstić information content (AvgIpc) is 2.34. The summed E-state index contributed by atoms with van der Waals surface area (Å²) in [5.74, 6) is -0.261. The first-order valence-corrected chi connectivity index (χ1v) is 7.10. The minimum atomic E-state index is -0.261. The van der Waals surface area contributed by atoms with Gasteiger partial charge in [0.05, 0.1) is 10.9 Å². The van der Waals surface area contributed by atoms with E-state index in [1.165, 1.54) is 12.5 Å². The van der Waals surface area contributed by atoms with Gasteiger partial charge in [-0.15, -0.1) is 0 Å². The molecule has 0 saturated carbocycles. The van der Waals surface area contributed by atoms with Crippen molar-refractivity contribution in [3.05, 3.63) is 34.1 Å². The van der Waals surface area contributed by atoms with Crippen molar-refractivity contribution in [1.29, 1.82) is 0 Å². The lowest BCUT2D eigenvalue weighted by molar-refractivity contribution is 0.0160. The maximum absolute atomic E-state index is 13.3. The highest BCUT2D eigenvalue weighted by Crippen LogP contribution is 2.37. The molecule has 2 rings (SSSR count). The van der Waals surface area contributed by atoms with Crippen LogP contribution in [0.3, 0.4) is 0 Å². The molecule has 1 aromatic carbocycles. The van der Waals surface area contributed by atoms with E-state index >= 15 is 0 Å². The maximum atomic E-state index is 13.3. The topological polar surface area (TPSA) is 9.23 Å². The Bertz CT molecular complexity index is 405. The normalized spacial score (nSPS) is 22.5. The van der Waals surface area contributed by atoms with Crippen molar-refractivity contribution < 1.29 is 9.13 Å². The summed E-state index contributed by atoms with van der Waals surface area (Å²) in [6.07, 6.45) is 3.44. The van der Waals surface area contributed by atoms with Crippen LogP contribution in [0.25, 0.3) is 0 Å². The highest BCUT2D eigenvalue weighted by Gasteiger charge is 2.25. The molecule has 94 valence electrons. The van der Waals surface area contributed by atoms with Crippen LogP contribution in [-0.4, -0.2) is 12.7 Å². The number of rotatable bonds is 2. The predicted molar refractivity (Wildman–Crippen MR) is 71.4 cm³/mol. The third-order valence-corrected chi connectivity index (χ3v) is 4.53. The molecule has 1 aliphatic heterocycles. The Morgan fingerprint density at radius 3 is 2.88 bits per heavy atom. The summed E-state index contributed by atoms with van der Waals surface area (Å²) in [6.45, 7) is 2.54. The molecule has 0 bridgehead atoms. The summed E-state index contributed by atoms with van der Waals surface area (Å²) in [5, 5.41) is 0.462. The number of benzene rings is 1. The molecule has 0 aliphatic carbocycles. The Labute approximate surface area is 114 Å². The molecule has 17 heavy (non-hydrogen) atoms. The van der Waals surface area contributed by atoms with Gasteiger partial charge in [0.1, 0.15) is 5.82 Å². The van der Waals surface area contributed by atoms with Gasteiger partial charge in [-0.3, -0.25) is 0 Å². The second kappa shape index (κ2) is 5.68. The second-order valence-electron chi connectivity index (χ2n) is 4.43. The summed E-state index contributed by atoms with van der Waals surface area (Å²) in [6, 6.07) is 3.18. The summed E-state index contributed by atoms with van der Waals surface area (Å²) >= 11 is 9.72. The van der Waals surface area contributed by atoms with Crippen molar-refractivity contribution in [2.75, 3.05) is 6.61 Å². The van der Waals surface area contributed by atoms with Gasteiger partial charge in [-0.2, -0.15) is 0 Å². The van der Waals surface area contributed by atoms with E-state index in [9.17, 15) is 4.39 Å². The third-order valence-electron chi connectivity index (χ3n) is 3.12. The minimum absolute atomic E-state index is 0.0367. The van der Waals surface area contributed by atoms with Crippen LogP contribution in [0, 0.1) is 12.7 Å². The number of hydrogen-bond donors (Lipinski definition) is 0. The molecule has 1 aliphatic rings. The van der Waals surface area contributed by atoms with Crippen LogP contribution >= 0.6 is 27.5 Å². The van der Waals surface area contributed by atoms with E-state index in [1.807, 2.05) is 0 Å². The van der Waals surface area contributed by atoms with Gasteiger partial charge in [0.15, 0.2) is 0 Å². The summed E-state index contributed by atoms with van der Waals surface area (Å²) in [7, 11) is 0. The van der Waals surface area contributed by atoms with Crippen molar-refractivity contribution in [3.63, 3.8) is 0 Å². The predicted octanol–water partition coefficient (Wildman–Crippen LogP) is 4.79. The van der Waals surface area contributed by atoms with Crippen LogP contribution in [-0.2, 0) is 4.74 Å². The molecule has 0 aromatic heterocycles. The van der Waals surface area contributed by atoms with Gasteiger partial charge in [0.25, 0.3) is 0 Å². The fraction of sp³-hybridized carbons (Fsp3) is 0.538. The maximum Gasteiger partial charge on any atom is 0.127 e. The Morgan fingerprint density at radius 1 is 1.47 bits per heavy atom. The third kappa shape index (κ3) is 3.01.